The lowest BCUT2D eigenvalue weighted by Gasteiger charge is -2.24. The van der Waals surface area contributed by atoms with Crippen molar-refractivity contribution in [2.75, 3.05) is 47.5 Å². The highest BCUT2D eigenvalue weighted by molar-refractivity contribution is 7.47. The number of rotatable bonds is 40. The molecule has 0 aromatic rings. The van der Waals surface area contributed by atoms with Crippen LogP contribution in [0.4, 0.5) is 0 Å². The summed E-state index contributed by atoms with van der Waals surface area (Å²) < 4.78 is 34.7. The van der Waals surface area contributed by atoms with E-state index >= 15 is 0 Å². The number of likely N-dealkylation sites (N-methyl/N-ethyl adjacent to an activating group) is 1. The van der Waals surface area contributed by atoms with Gasteiger partial charge in [0.05, 0.1) is 34.0 Å². The SMILES string of the molecule is CCCCCC=CCC=CCC=CCC=CCCCC(=O)OC(COC=CCCCCCCCCCCCCCCCC)COP(=O)(O)OCC[N+](C)(C)C. The van der Waals surface area contributed by atoms with Gasteiger partial charge in [0, 0.05) is 6.42 Å². The number of unbranched alkanes of at least 4 members (excludes halogenated alkanes) is 18. The first-order valence-corrected chi connectivity index (χ1v) is 23.6. The van der Waals surface area contributed by atoms with Gasteiger partial charge in [0.1, 0.15) is 19.8 Å². The van der Waals surface area contributed by atoms with Crippen molar-refractivity contribution >= 4 is 13.8 Å². The van der Waals surface area contributed by atoms with E-state index in [1.54, 1.807) is 6.26 Å². The summed E-state index contributed by atoms with van der Waals surface area (Å²) in [4.78, 5) is 22.8. The van der Waals surface area contributed by atoms with Crippen LogP contribution in [0.1, 0.15) is 174 Å². The van der Waals surface area contributed by atoms with E-state index in [1.807, 2.05) is 27.2 Å². The summed E-state index contributed by atoms with van der Waals surface area (Å²) in [5.74, 6) is -0.391. The Hall–Kier alpha value is -1.96. The maximum Gasteiger partial charge on any atom is 0.472 e. The summed E-state index contributed by atoms with van der Waals surface area (Å²) in [6.45, 7) is 4.84. The van der Waals surface area contributed by atoms with Crippen molar-refractivity contribution in [2.45, 2.75) is 180 Å². The number of phosphoric acid groups is 1. The molecule has 0 radical (unpaired) electrons. The van der Waals surface area contributed by atoms with Crippen molar-refractivity contribution in [2.24, 2.45) is 0 Å². The number of quaternary nitrogens is 1. The van der Waals surface area contributed by atoms with E-state index in [2.05, 4.69) is 62.5 Å². The van der Waals surface area contributed by atoms with E-state index in [-0.39, 0.29) is 26.2 Å². The molecular formula is C46H85NO7P+. The molecule has 320 valence electrons. The molecule has 0 bridgehead atoms. The summed E-state index contributed by atoms with van der Waals surface area (Å²) in [6.07, 6.45) is 49.3. The Kier molecular flexibility index (Phi) is 37.5. The molecule has 2 unspecified atom stereocenters. The fourth-order valence-corrected chi connectivity index (χ4v) is 6.43. The van der Waals surface area contributed by atoms with E-state index < -0.39 is 19.9 Å². The van der Waals surface area contributed by atoms with Crippen molar-refractivity contribution in [3.8, 4) is 0 Å². The number of hydrogen-bond donors (Lipinski definition) is 1. The third-order valence-electron chi connectivity index (χ3n) is 9.15. The highest BCUT2D eigenvalue weighted by Crippen LogP contribution is 2.43. The smallest absolute Gasteiger partial charge is 0.472 e. The summed E-state index contributed by atoms with van der Waals surface area (Å²) in [6, 6.07) is 0. The number of phosphoric ester groups is 1. The average molecular weight is 795 g/mol. The third kappa shape index (κ3) is 43.0. The van der Waals surface area contributed by atoms with Gasteiger partial charge < -0.3 is 18.9 Å². The molecule has 2 atom stereocenters. The first kappa shape index (κ1) is 53.0. The molecule has 0 aliphatic carbocycles. The number of ether oxygens (including phenoxy) is 2. The van der Waals surface area contributed by atoms with Crippen molar-refractivity contribution in [1.82, 2.24) is 0 Å². The summed E-state index contributed by atoms with van der Waals surface area (Å²) >= 11 is 0. The molecule has 0 fully saturated rings. The zero-order chi connectivity index (χ0) is 40.6. The molecule has 0 aromatic carbocycles. The van der Waals surface area contributed by atoms with Gasteiger partial charge in [-0.15, -0.1) is 0 Å². The quantitative estimate of drug-likeness (QED) is 0.0165. The average Bonchev–Trinajstić information content (AvgIpc) is 3.13. The van der Waals surface area contributed by atoms with Crippen LogP contribution >= 0.6 is 7.82 Å². The van der Waals surface area contributed by atoms with Gasteiger partial charge in [-0.3, -0.25) is 13.8 Å². The Morgan fingerprint density at radius 2 is 1.02 bits per heavy atom. The van der Waals surface area contributed by atoms with Crippen LogP contribution in [0.25, 0.3) is 0 Å². The van der Waals surface area contributed by atoms with Gasteiger partial charge in [-0.1, -0.05) is 159 Å². The first-order valence-electron chi connectivity index (χ1n) is 22.1. The van der Waals surface area contributed by atoms with E-state index in [0.717, 1.165) is 38.5 Å². The lowest BCUT2D eigenvalue weighted by atomic mass is 10.0. The van der Waals surface area contributed by atoms with Crippen molar-refractivity contribution < 1.29 is 37.3 Å². The number of esters is 1. The largest absolute Gasteiger partial charge is 0.498 e. The lowest BCUT2D eigenvalue weighted by Crippen LogP contribution is -2.37. The molecule has 55 heavy (non-hydrogen) atoms. The lowest BCUT2D eigenvalue weighted by molar-refractivity contribution is -0.870. The molecule has 0 heterocycles. The molecule has 0 saturated heterocycles. The van der Waals surface area contributed by atoms with E-state index in [1.165, 1.54) is 109 Å². The van der Waals surface area contributed by atoms with Gasteiger partial charge >= 0.3 is 13.8 Å². The Morgan fingerprint density at radius 3 is 1.55 bits per heavy atom. The van der Waals surface area contributed by atoms with Crippen molar-refractivity contribution in [1.29, 1.82) is 0 Å². The van der Waals surface area contributed by atoms with Crippen LogP contribution in [0.2, 0.25) is 0 Å². The number of allylic oxidation sites excluding steroid dienone is 9. The normalized spacial score (nSPS) is 14.3. The Labute approximate surface area is 339 Å². The standard InChI is InChI=1S/C46H84NO7P/c1-6-8-10-12-14-16-18-20-22-24-25-27-29-31-33-35-37-39-46(48)54-45(44-53-55(49,50)52-42-40-47(3,4)5)43-51-41-38-36-34-32-30-28-26-23-21-19-17-15-13-11-9-7-2/h14,16,20,22,25,27,31,33,38,41,45H,6-13,15,17-19,21,23-24,26,28-30,32,34-37,39-40,42-44H2,1-5H3/p+1. The molecule has 9 heteroatoms. The molecule has 0 spiro atoms. The second kappa shape index (κ2) is 38.9. The Morgan fingerprint density at radius 1 is 0.582 bits per heavy atom. The highest BCUT2D eigenvalue weighted by Gasteiger charge is 2.26. The number of hydrogen-bond acceptors (Lipinski definition) is 6. The second-order valence-corrected chi connectivity index (χ2v) is 17.2. The van der Waals surface area contributed by atoms with E-state index in [4.69, 9.17) is 18.5 Å². The van der Waals surface area contributed by atoms with Crippen molar-refractivity contribution in [3.63, 3.8) is 0 Å². The van der Waals surface area contributed by atoms with Crippen molar-refractivity contribution in [3.05, 3.63) is 60.9 Å². The topological polar surface area (TPSA) is 91.3 Å². The first-order chi connectivity index (χ1) is 26.6. The number of carbonyl (C=O) groups excluding carboxylic acids is 1. The highest BCUT2D eigenvalue weighted by atomic mass is 31.2. The molecular weight excluding hydrogens is 709 g/mol. The summed E-state index contributed by atoms with van der Waals surface area (Å²) in [5, 5.41) is 0. The van der Waals surface area contributed by atoms with E-state index in [9.17, 15) is 14.3 Å². The minimum absolute atomic E-state index is 0.0248. The molecule has 0 amide bonds. The van der Waals surface area contributed by atoms with Gasteiger partial charge in [-0.2, -0.15) is 0 Å². The van der Waals surface area contributed by atoms with Crippen LogP contribution in [0.5, 0.6) is 0 Å². The zero-order valence-corrected chi connectivity index (χ0v) is 37.0. The minimum Gasteiger partial charge on any atom is -0.498 e. The van der Waals surface area contributed by atoms with Crippen LogP contribution < -0.4 is 0 Å². The second-order valence-electron chi connectivity index (χ2n) is 15.8. The third-order valence-corrected chi connectivity index (χ3v) is 10.1. The van der Waals surface area contributed by atoms with Gasteiger partial charge in [-0.05, 0) is 63.9 Å². The molecule has 0 rings (SSSR count). The maximum atomic E-state index is 12.7. The molecule has 0 aromatic heterocycles. The predicted molar refractivity (Wildman–Crippen MR) is 233 cm³/mol. The minimum atomic E-state index is -4.31. The van der Waals surface area contributed by atoms with Gasteiger partial charge in [0.15, 0.2) is 6.10 Å². The van der Waals surface area contributed by atoms with Gasteiger partial charge in [-0.25, -0.2) is 4.57 Å². The Balaban J connectivity index is 4.39. The number of nitrogens with zero attached hydrogens (tertiary/aromatic N) is 1. The molecule has 0 aliphatic rings. The fraction of sp³-hybridized carbons (Fsp3) is 0.761. The summed E-state index contributed by atoms with van der Waals surface area (Å²) in [7, 11) is 1.60. The van der Waals surface area contributed by atoms with Crippen LogP contribution in [0.3, 0.4) is 0 Å². The van der Waals surface area contributed by atoms with Gasteiger partial charge in [0.25, 0.3) is 0 Å². The van der Waals surface area contributed by atoms with Crippen LogP contribution in [-0.2, 0) is 27.9 Å². The number of carbonyl (C=O) groups is 1. The van der Waals surface area contributed by atoms with Crippen LogP contribution in [0.15, 0.2) is 60.9 Å². The predicted octanol–water partition coefficient (Wildman–Crippen LogP) is 13.3. The molecule has 8 nitrogen and oxygen atoms in total. The monoisotopic (exact) mass is 795 g/mol. The molecule has 0 aliphatic heterocycles. The maximum absolute atomic E-state index is 12.7. The fourth-order valence-electron chi connectivity index (χ4n) is 5.69. The van der Waals surface area contributed by atoms with Crippen LogP contribution in [0, 0.1) is 0 Å². The van der Waals surface area contributed by atoms with Crippen LogP contribution in [-0.4, -0.2) is 69.0 Å². The molecule has 1 N–H and O–H groups in total. The molecule has 0 saturated carbocycles. The Bertz CT molecular complexity index is 1060. The zero-order valence-electron chi connectivity index (χ0n) is 36.1. The van der Waals surface area contributed by atoms with Gasteiger partial charge in [0.2, 0.25) is 0 Å². The van der Waals surface area contributed by atoms with E-state index in [0.29, 0.717) is 17.4 Å². The summed E-state index contributed by atoms with van der Waals surface area (Å²) in [5.41, 5.74) is 0.